The first-order valence-electron chi connectivity index (χ1n) is 9.27. The molecular formula is C22H23N5O. The van der Waals surface area contributed by atoms with Gasteiger partial charge in [-0.2, -0.15) is 0 Å². The van der Waals surface area contributed by atoms with Gasteiger partial charge in [-0.15, -0.1) is 0 Å². The van der Waals surface area contributed by atoms with Gasteiger partial charge in [0.2, 0.25) is 0 Å². The molecule has 28 heavy (non-hydrogen) atoms. The summed E-state index contributed by atoms with van der Waals surface area (Å²) in [6.07, 6.45) is 2.99. The van der Waals surface area contributed by atoms with Crippen molar-refractivity contribution in [2.45, 2.75) is 13.3 Å². The molecule has 0 unspecified atom stereocenters. The van der Waals surface area contributed by atoms with Crippen LogP contribution in [0.4, 0.5) is 17.3 Å². The van der Waals surface area contributed by atoms with Crippen LogP contribution < -0.4 is 15.4 Å². The Balaban J connectivity index is 1.43. The summed E-state index contributed by atoms with van der Waals surface area (Å²) in [6.45, 7) is 2.68. The van der Waals surface area contributed by atoms with E-state index in [0.29, 0.717) is 5.82 Å². The number of nitrogens with one attached hydrogen (secondary N) is 3. The number of nitrogens with zero attached hydrogens (tertiary/aromatic N) is 2. The third-order valence-corrected chi connectivity index (χ3v) is 4.56. The van der Waals surface area contributed by atoms with E-state index in [-0.39, 0.29) is 0 Å². The van der Waals surface area contributed by atoms with Gasteiger partial charge in [-0.3, -0.25) is 0 Å². The van der Waals surface area contributed by atoms with Crippen molar-refractivity contribution in [2.24, 2.45) is 0 Å². The molecule has 0 fully saturated rings. The largest absolute Gasteiger partial charge is 0.497 e. The van der Waals surface area contributed by atoms with Crippen LogP contribution in [0.3, 0.4) is 0 Å². The quantitative estimate of drug-likeness (QED) is 0.439. The number of aromatic amines is 1. The predicted octanol–water partition coefficient (Wildman–Crippen LogP) is 4.67. The Bertz CT molecular complexity index is 1090. The fourth-order valence-electron chi connectivity index (χ4n) is 3.23. The number of ether oxygens (including phenoxy) is 1. The van der Waals surface area contributed by atoms with Gasteiger partial charge in [0.25, 0.3) is 0 Å². The highest BCUT2D eigenvalue weighted by Crippen LogP contribution is 2.22. The molecule has 4 aromatic rings. The van der Waals surface area contributed by atoms with E-state index in [1.54, 1.807) is 7.11 Å². The van der Waals surface area contributed by atoms with Gasteiger partial charge in [0.15, 0.2) is 0 Å². The van der Waals surface area contributed by atoms with E-state index in [0.717, 1.165) is 36.0 Å². The number of fused-ring (bicyclic) bond motifs is 1. The molecule has 3 N–H and O–H groups in total. The van der Waals surface area contributed by atoms with Crippen molar-refractivity contribution in [3.63, 3.8) is 0 Å². The molecule has 0 saturated heterocycles. The van der Waals surface area contributed by atoms with Crippen LogP contribution in [0.5, 0.6) is 5.75 Å². The van der Waals surface area contributed by atoms with Crippen molar-refractivity contribution in [2.75, 3.05) is 24.3 Å². The fourth-order valence-corrected chi connectivity index (χ4v) is 3.23. The summed E-state index contributed by atoms with van der Waals surface area (Å²) in [5.74, 6) is 3.06. The number of para-hydroxylation sites is 1. The van der Waals surface area contributed by atoms with Gasteiger partial charge in [0.05, 0.1) is 7.11 Å². The predicted molar refractivity (Wildman–Crippen MR) is 114 cm³/mol. The normalized spacial score (nSPS) is 10.8. The molecule has 0 aliphatic rings. The summed E-state index contributed by atoms with van der Waals surface area (Å²) in [4.78, 5) is 12.3. The van der Waals surface area contributed by atoms with Crippen LogP contribution in [0.2, 0.25) is 0 Å². The second-order valence-electron chi connectivity index (χ2n) is 6.58. The fraction of sp³-hybridized carbons (Fsp3) is 0.182. The molecule has 4 rings (SSSR count). The van der Waals surface area contributed by atoms with Gasteiger partial charge in [-0.05, 0) is 37.1 Å². The summed E-state index contributed by atoms with van der Waals surface area (Å²) >= 11 is 0. The Labute approximate surface area is 164 Å². The maximum atomic E-state index is 5.27. The number of hydrogen-bond donors (Lipinski definition) is 3. The van der Waals surface area contributed by atoms with Crippen LogP contribution in [0.15, 0.2) is 60.8 Å². The zero-order chi connectivity index (χ0) is 19.3. The van der Waals surface area contributed by atoms with Crippen LogP contribution in [0.1, 0.15) is 11.4 Å². The van der Waals surface area contributed by atoms with E-state index in [1.807, 2.05) is 43.3 Å². The molecule has 2 heterocycles. The van der Waals surface area contributed by atoms with Gasteiger partial charge in [0.1, 0.15) is 23.2 Å². The van der Waals surface area contributed by atoms with Crippen molar-refractivity contribution in [1.82, 2.24) is 15.0 Å². The lowest BCUT2D eigenvalue weighted by molar-refractivity contribution is 0.415. The summed E-state index contributed by atoms with van der Waals surface area (Å²) in [7, 11) is 1.66. The minimum Gasteiger partial charge on any atom is -0.497 e. The average molecular weight is 373 g/mol. The lowest BCUT2D eigenvalue weighted by atomic mass is 10.1. The molecule has 142 valence electrons. The SMILES string of the molecule is COc1cccc(Nc2cc(NCCc3c[nH]c4ccccc34)nc(C)n2)c1. The van der Waals surface area contributed by atoms with Gasteiger partial charge in [-0.25, -0.2) is 9.97 Å². The lowest BCUT2D eigenvalue weighted by Gasteiger charge is -2.11. The first kappa shape index (κ1) is 17.9. The summed E-state index contributed by atoms with van der Waals surface area (Å²) in [5.41, 5.74) is 3.38. The van der Waals surface area contributed by atoms with Gasteiger partial charge in [0, 0.05) is 41.5 Å². The number of aryl methyl sites for hydroxylation is 1. The highest BCUT2D eigenvalue weighted by Gasteiger charge is 2.05. The number of hydrogen-bond acceptors (Lipinski definition) is 5. The third-order valence-electron chi connectivity index (χ3n) is 4.56. The zero-order valence-electron chi connectivity index (χ0n) is 16.0. The Kier molecular flexibility index (Phi) is 5.10. The van der Waals surface area contributed by atoms with Crippen LogP contribution in [-0.4, -0.2) is 28.6 Å². The van der Waals surface area contributed by atoms with Crippen molar-refractivity contribution >= 4 is 28.2 Å². The van der Waals surface area contributed by atoms with Crippen molar-refractivity contribution in [1.29, 1.82) is 0 Å². The first-order chi connectivity index (χ1) is 13.7. The number of H-pyrrole nitrogens is 1. The van der Waals surface area contributed by atoms with Crippen molar-refractivity contribution in [3.8, 4) is 5.75 Å². The maximum absolute atomic E-state index is 5.27. The molecule has 6 heteroatoms. The minimum atomic E-state index is 0.711. The van der Waals surface area contributed by atoms with Crippen LogP contribution in [-0.2, 0) is 6.42 Å². The van der Waals surface area contributed by atoms with Crippen molar-refractivity contribution in [3.05, 3.63) is 72.2 Å². The average Bonchev–Trinajstić information content (AvgIpc) is 3.11. The van der Waals surface area contributed by atoms with E-state index < -0.39 is 0 Å². The molecule has 2 aromatic heterocycles. The zero-order valence-corrected chi connectivity index (χ0v) is 16.0. The molecule has 0 aliphatic carbocycles. The number of rotatable bonds is 7. The number of benzene rings is 2. The number of aromatic nitrogens is 3. The second kappa shape index (κ2) is 8.00. The van der Waals surface area contributed by atoms with E-state index >= 15 is 0 Å². The highest BCUT2D eigenvalue weighted by molar-refractivity contribution is 5.83. The molecule has 0 amide bonds. The van der Waals surface area contributed by atoms with E-state index in [4.69, 9.17) is 4.74 Å². The first-order valence-corrected chi connectivity index (χ1v) is 9.27. The molecule has 0 spiro atoms. The van der Waals surface area contributed by atoms with Crippen LogP contribution in [0, 0.1) is 6.92 Å². The summed E-state index contributed by atoms with van der Waals surface area (Å²) in [6, 6.07) is 18.0. The number of methoxy groups -OCH3 is 1. The molecule has 0 bridgehead atoms. The molecule has 0 saturated carbocycles. The van der Waals surface area contributed by atoms with Crippen LogP contribution >= 0.6 is 0 Å². The third kappa shape index (κ3) is 4.06. The molecule has 6 nitrogen and oxygen atoms in total. The van der Waals surface area contributed by atoms with E-state index in [9.17, 15) is 0 Å². The van der Waals surface area contributed by atoms with Gasteiger partial charge >= 0.3 is 0 Å². The highest BCUT2D eigenvalue weighted by atomic mass is 16.5. The maximum Gasteiger partial charge on any atom is 0.136 e. The summed E-state index contributed by atoms with van der Waals surface area (Å²) < 4.78 is 5.27. The summed E-state index contributed by atoms with van der Waals surface area (Å²) in [5, 5.41) is 7.99. The lowest BCUT2D eigenvalue weighted by Crippen LogP contribution is -2.08. The standard InChI is InChI=1S/C22H23N5O/c1-15-25-21(13-22(26-15)27-17-6-5-7-18(12-17)28-2)23-11-10-16-14-24-20-9-4-3-8-19(16)20/h3-9,12-14,24H,10-11H2,1-2H3,(H2,23,25,26,27). The van der Waals surface area contributed by atoms with Crippen LogP contribution in [0.25, 0.3) is 10.9 Å². The second-order valence-corrected chi connectivity index (χ2v) is 6.58. The molecular weight excluding hydrogens is 350 g/mol. The monoisotopic (exact) mass is 373 g/mol. The van der Waals surface area contributed by atoms with E-state index in [1.165, 1.54) is 16.5 Å². The Hall–Kier alpha value is -3.54. The Morgan fingerprint density at radius 1 is 1.00 bits per heavy atom. The molecule has 2 aromatic carbocycles. The molecule has 0 radical (unpaired) electrons. The van der Waals surface area contributed by atoms with Crippen molar-refractivity contribution < 1.29 is 4.74 Å². The van der Waals surface area contributed by atoms with Gasteiger partial charge < -0.3 is 20.4 Å². The molecule has 0 atom stereocenters. The number of anilines is 3. The molecule has 0 aliphatic heterocycles. The topological polar surface area (TPSA) is 74.9 Å². The van der Waals surface area contributed by atoms with E-state index in [2.05, 4.69) is 50.0 Å². The Morgan fingerprint density at radius 3 is 2.75 bits per heavy atom. The minimum absolute atomic E-state index is 0.711. The van der Waals surface area contributed by atoms with Gasteiger partial charge in [-0.1, -0.05) is 24.3 Å². The smallest absolute Gasteiger partial charge is 0.136 e. The Morgan fingerprint density at radius 2 is 1.86 bits per heavy atom.